The van der Waals surface area contributed by atoms with Crippen LogP contribution >= 0.6 is 0 Å². The molecule has 2 N–H and O–H groups in total. The van der Waals surface area contributed by atoms with Crippen LogP contribution in [0.3, 0.4) is 0 Å². The molecule has 3 fully saturated rings. The molecule has 2 heterocycles. The Morgan fingerprint density at radius 3 is 1.51 bits per heavy atom. The van der Waals surface area contributed by atoms with Crippen molar-refractivity contribution in [1.82, 2.24) is 20.4 Å². The number of rotatable bonds is 10. The van der Waals surface area contributed by atoms with E-state index in [2.05, 4.69) is 65.5 Å². The van der Waals surface area contributed by atoms with Crippen LogP contribution in [0.4, 0.5) is 0 Å². The lowest BCUT2D eigenvalue weighted by molar-refractivity contribution is 0.0693. The van der Waals surface area contributed by atoms with Crippen molar-refractivity contribution < 1.29 is 9.59 Å². The zero-order valence-electron chi connectivity index (χ0n) is 33.6. The van der Waals surface area contributed by atoms with Gasteiger partial charge in [0.15, 0.2) is 0 Å². The molecule has 0 radical (unpaired) electrons. The number of piperidine rings is 2. The predicted molar refractivity (Wildman–Crippen MR) is 231 cm³/mol. The molecule has 2 aliphatic heterocycles. The van der Waals surface area contributed by atoms with Crippen LogP contribution in [0.1, 0.15) is 126 Å². The molecule has 7 rings (SSSR count). The molecule has 57 heavy (non-hydrogen) atoms. The summed E-state index contributed by atoms with van der Waals surface area (Å²) in [6.07, 6.45) is 14.0. The van der Waals surface area contributed by atoms with Gasteiger partial charge < -0.3 is 20.4 Å². The summed E-state index contributed by atoms with van der Waals surface area (Å²) in [6.45, 7) is 5.48. The first-order valence-electron chi connectivity index (χ1n) is 21.4. The molecule has 6 heteroatoms. The quantitative estimate of drug-likeness (QED) is 0.159. The van der Waals surface area contributed by atoms with E-state index in [-0.39, 0.29) is 11.8 Å². The summed E-state index contributed by atoms with van der Waals surface area (Å²) in [4.78, 5) is 30.4. The lowest BCUT2D eigenvalue weighted by Gasteiger charge is -2.35. The molecule has 2 saturated heterocycles. The largest absolute Gasteiger partial charge is 0.339 e. The lowest BCUT2D eigenvalue weighted by atomic mass is 9.93. The molecule has 0 spiro atoms. The molecule has 4 aromatic rings. The second kappa shape index (κ2) is 20.3. The van der Waals surface area contributed by atoms with Crippen LogP contribution in [-0.4, -0.2) is 72.0 Å². The Bertz CT molecular complexity index is 2010. The lowest BCUT2D eigenvalue weighted by Crippen LogP contribution is -2.48. The summed E-state index contributed by atoms with van der Waals surface area (Å²) in [5.41, 5.74) is 6.60. The van der Waals surface area contributed by atoms with Crippen LogP contribution in [0.25, 0.3) is 0 Å². The highest BCUT2D eigenvalue weighted by molar-refractivity contribution is 5.95. The smallest absolute Gasteiger partial charge is 0.253 e. The van der Waals surface area contributed by atoms with Crippen molar-refractivity contribution in [3.05, 3.63) is 142 Å². The summed E-state index contributed by atoms with van der Waals surface area (Å²) in [6, 6.07) is 36.1. The molecule has 294 valence electrons. The van der Waals surface area contributed by atoms with Gasteiger partial charge in [-0.2, -0.15) is 0 Å². The van der Waals surface area contributed by atoms with Gasteiger partial charge in [-0.3, -0.25) is 9.59 Å². The maximum atomic E-state index is 13.2. The van der Waals surface area contributed by atoms with Gasteiger partial charge in [0.05, 0.1) is 0 Å². The van der Waals surface area contributed by atoms with Crippen molar-refractivity contribution in [2.45, 2.75) is 108 Å². The molecule has 2 amide bonds. The number of likely N-dealkylation sites (tertiary alicyclic amines) is 2. The molecule has 0 aromatic heterocycles. The topological polar surface area (TPSA) is 64.7 Å². The van der Waals surface area contributed by atoms with E-state index in [9.17, 15) is 9.59 Å². The predicted octanol–water partition coefficient (Wildman–Crippen LogP) is 8.62. The number of aryl methyl sites for hydroxylation is 1. The third-order valence-electron chi connectivity index (χ3n) is 12.0. The van der Waals surface area contributed by atoms with Gasteiger partial charge in [0, 0.05) is 83.7 Å². The molecule has 0 bridgehead atoms. The van der Waals surface area contributed by atoms with Gasteiger partial charge in [-0.05, 0) is 143 Å². The average Bonchev–Trinajstić information content (AvgIpc) is 3.26. The molecule has 1 atom stereocenters. The fourth-order valence-corrected chi connectivity index (χ4v) is 8.52. The van der Waals surface area contributed by atoms with Crippen molar-refractivity contribution in [3.63, 3.8) is 0 Å². The minimum Gasteiger partial charge on any atom is -0.339 e. The number of carbonyl (C=O) groups is 2. The summed E-state index contributed by atoms with van der Waals surface area (Å²) in [5, 5.41) is 7.69. The maximum absolute atomic E-state index is 13.2. The van der Waals surface area contributed by atoms with E-state index in [1.54, 1.807) is 0 Å². The number of amides is 2. The molecule has 1 unspecified atom stereocenters. The Kier molecular flexibility index (Phi) is 14.3. The number of benzene rings is 4. The first kappa shape index (κ1) is 40.1. The van der Waals surface area contributed by atoms with E-state index in [1.807, 2.05) is 88.7 Å². The standard InChI is InChI=1S/C51H58N4O2/c1-39(52-48-31-35-54(36-32-48)50(56)45-27-23-43(24-28-45)18-15-40-10-4-2-5-11-40)9-8-12-41-16-19-42(20-17-41)21-22-44-25-29-46(30-26-44)51(57)55-37-33-49(34-38-55)53-47-13-6-3-7-14-47/h2,4-5,10-11,16-17,19-20,23-30,39,47-49,52-53H,3,6-9,12-14,31-38H2,1H3. The van der Waals surface area contributed by atoms with Gasteiger partial charge in [-0.1, -0.05) is 73.3 Å². The van der Waals surface area contributed by atoms with Crippen molar-refractivity contribution in [2.24, 2.45) is 0 Å². The van der Waals surface area contributed by atoms with Gasteiger partial charge in [-0.25, -0.2) is 0 Å². The average molecular weight is 759 g/mol. The first-order chi connectivity index (χ1) is 27.9. The van der Waals surface area contributed by atoms with Gasteiger partial charge >= 0.3 is 0 Å². The molecule has 4 aromatic carbocycles. The van der Waals surface area contributed by atoms with Crippen molar-refractivity contribution in [1.29, 1.82) is 0 Å². The molecule has 6 nitrogen and oxygen atoms in total. The molecular formula is C51H58N4O2. The first-order valence-corrected chi connectivity index (χ1v) is 21.4. The SMILES string of the molecule is CC(CCCc1ccc(C#Cc2ccc(C(=O)N3CCC(NC4CCCCC4)CC3)cc2)cc1)NC1CCN(C(=O)c2ccc(C#Cc3ccccc3)cc2)CC1. The number of nitrogens with one attached hydrogen (secondary N) is 2. The summed E-state index contributed by atoms with van der Waals surface area (Å²) >= 11 is 0. The van der Waals surface area contributed by atoms with Crippen LogP contribution in [0, 0.1) is 23.7 Å². The normalized spacial score (nSPS) is 17.2. The van der Waals surface area contributed by atoms with Gasteiger partial charge in [-0.15, -0.1) is 0 Å². The number of nitrogens with zero attached hydrogens (tertiary/aromatic N) is 2. The van der Waals surface area contributed by atoms with Gasteiger partial charge in [0.25, 0.3) is 11.8 Å². The van der Waals surface area contributed by atoms with E-state index < -0.39 is 0 Å². The molecule has 1 saturated carbocycles. The van der Waals surface area contributed by atoms with E-state index >= 15 is 0 Å². The van der Waals surface area contributed by atoms with Crippen molar-refractivity contribution in [2.75, 3.05) is 26.2 Å². The maximum Gasteiger partial charge on any atom is 0.253 e. The molecular weight excluding hydrogens is 701 g/mol. The Balaban J connectivity index is 0.778. The summed E-state index contributed by atoms with van der Waals surface area (Å²) in [7, 11) is 0. The van der Waals surface area contributed by atoms with Crippen LogP contribution in [0.15, 0.2) is 103 Å². The number of hydrogen-bond acceptors (Lipinski definition) is 4. The minimum atomic E-state index is 0.103. The highest BCUT2D eigenvalue weighted by Gasteiger charge is 2.26. The van der Waals surface area contributed by atoms with Crippen LogP contribution in [0.5, 0.6) is 0 Å². The summed E-state index contributed by atoms with van der Waals surface area (Å²) < 4.78 is 0. The van der Waals surface area contributed by atoms with Crippen molar-refractivity contribution in [3.8, 4) is 23.7 Å². The third-order valence-corrected chi connectivity index (χ3v) is 12.0. The Hall–Kier alpha value is -5.14. The molecule has 1 aliphatic carbocycles. The highest BCUT2D eigenvalue weighted by atomic mass is 16.2. The zero-order valence-corrected chi connectivity index (χ0v) is 33.6. The monoisotopic (exact) mass is 758 g/mol. The van der Waals surface area contributed by atoms with Gasteiger partial charge in [0.2, 0.25) is 0 Å². The Labute approximate surface area is 340 Å². The fraction of sp³-hybridized carbons (Fsp3) is 0.412. The number of carbonyl (C=O) groups excluding carboxylic acids is 2. The van der Waals surface area contributed by atoms with E-state index in [4.69, 9.17) is 0 Å². The highest BCUT2D eigenvalue weighted by Crippen LogP contribution is 2.22. The number of hydrogen-bond donors (Lipinski definition) is 2. The van der Waals surface area contributed by atoms with E-state index in [1.165, 1.54) is 37.7 Å². The van der Waals surface area contributed by atoms with Gasteiger partial charge in [0.1, 0.15) is 0 Å². The van der Waals surface area contributed by atoms with Crippen molar-refractivity contribution >= 4 is 11.8 Å². The molecule has 3 aliphatic rings. The second-order valence-corrected chi connectivity index (χ2v) is 16.3. The summed E-state index contributed by atoms with van der Waals surface area (Å²) in [5.74, 6) is 13.2. The minimum absolute atomic E-state index is 0.103. The Morgan fingerprint density at radius 1 is 0.561 bits per heavy atom. The third kappa shape index (κ3) is 11.9. The zero-order chi connectivity index (χ0) is 39.2. The fourth-order valence-electron chi connectivity index (χ4n) is 8.52. The van der Waals surface area contributed by atoms with E-state index in [0.29, 0.717) is 24.2 Å². The van der Waals surface area contributed by atoms with Crippen LogP contribution < -0.4 is 10.6 Å². The second-order valence-electron chi connectivity index (χ2n) is 16.3. The Morgan fingerprint density at radius 2 is 1.00 bits per heavy atom. The van der Waals surface area contributed by atoms with E-state index in [0.717, 1.165) is 105 Å². The van der Waals surface area contributed by atoms with Crippen LogP contribution in [0.2, 0.25) is 0 Å². The van der Waals surface area contributed by atoms with Crippen LogP contribution in [-0.2, 0) is 6.42 Å².